The number of carbonyl (C=O) groups is 1. The molecule has 0 aliphatic rings. The Morgan fingerprint density at radius 1 is 1.40 bits per heavy atom. The van der Waals surface area contributed by atoms with Gasteiger partial charge < -0.3 is 0 Å². The van der Waals surface area contributed by atoms with Crippen LogP contribution < -0.4 is 0 Å². The Kier molecular flexibility index (Phi) is 4.67. The highest BCUT2D eigenvalue weighted by atomic mass is 79.9. The molecule has 0 aliphatic carbocycles. The zero-order chi connectivity index (χ0) is 14.9. The number of carbonyl (C=O) groups excluding carboxylic acids is 1. The van der Waals surface area contributed by atoms with Gasteiger partial charge >= 0.3 is 0 Å². The number of nitrogens with zero attached hydrogens (tertiary/aromatic N) is 1. The Balaban J connectivity index is 2.20. The van der Waals surface area contributed by atoms with Crippen molar-refractivity contribution in [1.29, 1.82) is 0 Å². The molecule has 2 aromatic rings. The van der Waals surface area contributed by atoms with Crippen LogP contribution in [0.2, 0.25) is 5.02 Å². The molecule has 0 radical (unpaired) electrons. The predicted molar refractivity (Wildman–Crippen MR) is 88.0 cm³/mol. The highest BCUT2D eigenvalue weighted by molar-refractivity contribution is 9.10. The molecule has 2 nitrogen and oxygen atoms in total. The van der Waals surface area contributed by atoms with E-state index < -0.39 is 0 Å². The van der Waals surface area contributed by atoms with Gasteiger partial charge in [0, 0.05) is 20.8 Å². The van der Waals surface area contributed by atoms with Gasteiger partial charge in [-0.05, 0) is 28.1 Å². The zero-order valence-corrected chi connectivity index (χ0v) is 14.7. The Bertz CT molecular complexity index is 646. The lowest BCUT2D eigenvalue weighted by Gasteiger charge is -2.14. The van der Waals surface area contributed by atoms with E-state index in [4.69, 9.17) is 11.6 Å². The van der Waals surface area contributed by atoms with E-state index in [0.29, 0.717) is 10.6 Å². The molecule has 0 amide bonds. The SMILES string of the molecule is CC(C)(C)c1csc(CC(=O)c2cccc(Br)c2Cl)n1. The summed E-state index contributed by atoms with van der Waals surface area (Å²) in [7, 11) is 0. The number of hydrogen-bond donors (Lipinski definition) is 0. The largest absolute Gasteiger partial charge is 0.294 e. The number of halogens is 2. The Morgan fingerprint density at radius 3 is 2.70 bits per heavy atom. The van der Waals surface area contributed by atoms with Gasteiger partial charge in [0.1, 0.15) is 5.01 Å². The number of thiazole rings is 1. The number of Topliss-reactive ketones (excluding diaryl/α,β-unsaturated/α-hetero) is 1. The number of rotatable bonds is 3. The minimum Gasteiger partial charge on any atom is -0.294 e. The molecule has 0 fully saturated rings. The van der Waals surface area contributed by atoms with Crippen molar-refractivity contribution in [3.8, 4) is 0 Å². The monoisotopic (exact) mass is 371 g/mol. The quantitative estimate of drug-likeness (QED) is 0.686. The van der Waals surface area contributed by atoms with Crippen molar-refractivity contribution in [2.24, 2.45) is 0 Å². The van der Waals surface area contributed by atoms with Gasteiger partial charge in [-0.15, -0.1) is 11.3 Å². The molecule has 0 spiro atoms. The lowest BCUT2D eigenvalue weighted by Crippen LogP contribution is -2.12. The van der Waals surface area contributed by atoms with Crippen LogP contribution >= 0.6 is 38.9 Å². The molecule has 0 saturated carbocycles. The van der Waals surface area contributed by atoms with Crippen molar-refractivity contribution < 1.29 is 4.79 Å². The first-order valence-corrected chi connectivity index (χ1v) is 8.26. The van der Waals surface area contributed by atoms with Crippen LogP contribution in [0.25, 0.3) is 0 Å². The zero-order valence-electron chi connectivity index (χ0n) is 11.5. The minimum absolute atomic E-state index is 0.00518. The summed E-state index contributed by atoms with van der Waals surface area (Å²) in [6, 6.07) is 5.37. The molecule has 5 heteroatoms. The van der Waals surface area contributed by atoms with E-state index in [1.807, 2.05) is 17.5 Å². The van der Waals surface area contributed by atoms with E-state index in [1.165, 1.54) is 11.3 Å². The van der Waals surface area contributed by atoms with E-state index >= 15 is 0 Å². The first-order chi connectivity index (χ1) is 9.29. The van der Waals surface area contributed by atoms with Crippen molar-refractivity contribution in [3.05, 3.63) is 49.3 Å². The number of hydrogen-bond acceptors (Lipinski definition) is 3. The summed E-state index contributed by atoms with van der Waals surface area (Å²) >= 11 is 11.0. The van der Waals surface area contributed by atoms with Crippen LogP contribution in [0, 0.1) is 0 Å². The van der Waals surface area contributed by atoms with Crippen molar-refractivity contribution in [3.63, 3.8) is 0 Å². The van der Waals surface area contributed by atoms with Crippen molar-refractivity contribution in [2.75, 3.05) is 0 Å². The van der Waals surface area contributed by atoms with Gasteiger partial charge in [0.15, 0.2) is 5.78 Å². The first-order valence-electron chi connectivity index (χ1n) is 6.21. The number of benzene rings is 1. The maximum atomic E-state index is 12.3. The van der Waals surface area contributed by atoms with E-state index in [-0.39, 0.29) is 17.6 Å². The molecule has 0 atom stereocenters. The topological polar surface area (TPSA) is 30.0 Å². The van der Waals surface area contributed by atoms with Gasteiger partial charge in [0.2, 0.25) is 0 Å². The number of ketones is 1. The van der Waals surface area contributed by atoms with Crippen molar-refractivity contribution in [1.82, 2.24) is 4.98 Å². The fourth-order valence-corrected chi connectivity index (χ4v) is 3.31. The smallest absolute Gasteiger partial charge is 0.171 e. The summed E-state index contributed by atoms with van der Waals surface area (Å²) in [5.41, 5.74) is 1.56. The molecular formula is C15H15BrClNOS. The van der Waals surface area contributed by atoms with E-state index in [1.54, 1.807) is 6.07 Å². The summed E-state index contributed by atoms with van der Waals surface area (Å²) in [5.74, 6) is -0.00823. The van der Waals surface area contributed by atoms with Gasteiger partial charge in [-0.3, -0.25) is 4.79 Å². The molecule has 2 rings (SSSR count). The fraction of sp³-hybridized carbons (Fsp3) is 0.333. The summed E-state index contributed by atoms with van der Waals surface area (Å²) in [6.07, 6.45) is 0.289. The highest BCUT2D eigenvalue weighted by Gasteiger charge is 2.19. The van der Waals surface area contributed by atoms with Crippen LogP contribution in [-0.4, -0.2) is 10.8 Å². The second-order valence-electron chi connectivity index (χ2n) is 5.58. The summed E-state index contributed by atoms with van der Waals surface area (Å²) in [5, 5.41) is 3.31. The summed E-state index contributed by atoms with van der Waals surface area (Å²) < 4.78 is 0.736. The molecule has 1 aromatic carbocycles. The molecular weight excluding hydrogens is 358 g/mol. The van der Waals surface area contributed by atoms with Gasteiger partial charge in [-0.25, -0.2) is 4.98 Å². The molecule has 0 N–H and O–H groups in total. The normalized spacial score (nSPS) is 11.7. The average molecular weight is 373 g/mol. The fourth-order valence-electron chi connectivity index (χ4n) is 1.69. The third kappa shape index (κ3) is 3.48. The van der Waals surface area contributed by atoms with Crippen LogP contribution in [-0.2, 0) is 11.8 Å². The van der Waals surface area contributed by atoms with Gasteiger partial charge in [-0.2, -0.15) is 0 Å². The Morgan fingerprint density at radius 2 is 2.10 bits per heavy atom. The van der Waals surface area contributed by atoms with Crippen molar-refractivity contribution >= 4 is 44.7 Å². The molecule has 0 saturated heterocycles. The molecule has 1 heterocycles. The van der Waals surface area contributed by atoms with Crippen molar-refractivity contribution in [2.45, 2.75) is 32.6 Å². The van der Waals surface area contributed by atoms with Gasteiger partial charge in [0.05, 0.1) is 17.1 Å². The molecule has 0 unspecified atom stereocenters. The van der Waals surface area contributed by atoms with Gasteiger partial charge in [-0.1, -0.05) is 38.4 Å². The van der Waals surface area contributed by atoms with Crippen LogP contribution in [0.4, 0.5) is 0 Å². The second-order valence-corrected chi connectivity index (χ2v) is 7.75. The molecule has 20 heavy (non-hydrogen) atoms. The maximum absolute atomic E-state index is 12.3. The highest BCUT2D eigenvalue weighted by Crippen LogP contribution is 2.28. The minimum atomic E-state index is -0.00823. The van der Waals surface area contributed by atoms with Crippen LogP contribution in [0.15, 0.2) is 28.1 Å². The maximum Gasteiger partial charge on any atom is 0.171 e. The third-order valence-electron chi connectivity index (χ3n) is 2.88. The van der Waals surface area contributed by atoms with Gasteiger partial charge in [0.25, 0.3) is 0 Å². The standard InChI is InChI=1S/C15H15BrClNOS/c1-15(2,3)12-8-20-13(18-12)7-11(19)9-5-4-6-10(16)14(9)17/h4-6,8H,7H2,1-3H3. The summed E-state index contributed by atoms with van der Waals surface area (Å²) in [4.78, 5) is 16.8. The Hall–Kier alpha value is -0.710. The lowest BCUT2D eigenvalue weighted by atomic mass is 9.93. The van der Waals surface area contributed by atoms with Crippen LogP contribution in [0.3, 0.4) is 0 Å². The molecule has 0 bridgehead atoms. The predicted octanol–water partition coefficient (Wildman–Crippen LogP) is 5.28. The third-order valence-corrected chi connectivity index (χ3v) is 5.03. The van der Waals surface area contributed by atoms with E-state index in [0.717, 1.165) is 15.2 Å². The first kappa shape index (κ1) is 15.7. The summed E-state index contributed by atoms with van der Waals surface area (Å²) in [6.45, 7) is 6.33. The van der Waals surface area contributed by atoms with E-state index in [2.05, 4.69) is 41.7 Å². The number of aromatic nitrogens is 1. The molecule has 106 valence electrons. The Labute approximate surface area is 136 Å². The average Bonchev–Trinajstić information content (AvgIpc) is 2.81. The van der Waals surface area contributed by atoms with Crippen LogP contribution in [0.1, 0.15) is 41.8 Å². The molecule has 0 aliphatic heterocycles. The molecule has 1 aromatic heterocycles. The van der Waals surface area contributed by atoms with Crippen LogP contribution in [0.5, 0.6) is 0 Å². The second kappa shape index (κ2) is 5.96. The lowest BCUT2D eigenvalue weighted by molar-refractivity contribution is 0.0993. The van der Waals surface area contributed by atoms with E-state index in [9.17, 15) is 4.79 Å².